The van der Waals surface area contributed by atoms with Crippen molar-refractivity contribution in [3.8, 4) is 0 Å². The van der Waals surface area contributed by atoms with E-state index in [1.807, 2.05) is 0 Å². The van der Waals surface area contributed by atoms with Gasteiger partial charge in [0, 0.05) is 12.1 Å². The zero-order valence-corrected chi connectivity index (χ0v) is 14.7. The Morgan fingerprint density at radius 1 is 0.875 bits per heavy atom. The molecule has 2 bridgehead atoms. The Labute approximate surface area is 145 Å². The molecule has 0 N–H and O–H groups in total. The van der Waals surface area contributed by atoms with E-state index < -0.39 is 0 Å². The summed E-state index contributed by atoms with van der Waals surface area (Å²) in [5.74, 6) is 0. The molecule has 0 amide bonds. The molecule has 0 aliphatic carbocycles. The van der Waals surface area contributed by atoms with Gasteiger partial charge in [-0.05, 0) is 50.8 Å². The smallest absolute Gasteiger partial charge is 0.108 e. The first kappa shape index (κ1) is 15.9. The van der Waals surface area contributed by atoms with Crippen molar-refractivity contribution in [1.29, 1.82) is 0 Å². The van der Waals surface area contributed by atoms with Crippen LogP contribution in [0.5, 0.6) is 0 Å². The van der Waals surface area contributed by atoms with E-state index in [1.165, 1.54) is 42.4 Å². The summed E-state index contributed by atoms with van der Waals surface area (Å²) in [5.41, 5.74) is 3.81. The lowest BCUT2D eigenvalue weighted by molar-refractivity contribution is -0.0426. The third kappa shape index (κ3) is 3.13. The van der Waals surface area contributed by atoms with E-state index >= 15 is 0 Å². The molecule has 0 unspecified atom stereocenters. The number of hydrogen-bond acceptors (Lipinski definition) is 2. The molecule has 2 heterocycles. The molecule has 2 aromatic carbocycles. The van der Waals surface area contributed by atoms with Crippen molar-refractivity contribution in [1.82, 2.24) is 4.90 Å². The molecule has 0 radical (unpaired) electrons. The van der Waals surface area contributed by atoms with Gasteiger partial charge in [0.2, 0.25) is 0 Å². The molecule has 2 heteroatoms. The van der Waals surface area contributed by atoms with Gasteiger partial charge in [-0.1, -0.05) is 60.2 Å². The van der Waals surface area contributed by atoms with Gasteiger partial charge in [-0.2, -0.15) is 0 Å². The summed E-state index contributed by atoms with van der Waals surface area (Å²) in [6, 6.07) is 20.9. The van der Waals surface area contributed by atoms with Crippen molar-refractivity contribution in [2.75, 3.05) is 7.05 Å². The minimum atomic E-state index is 0.0413. The van der Waals surface area contributed by atoms with Crippen LogP contribution in [0.3, 0.4) is 0 Å². The van der Waals surface area contributed by atoms with Gasteiger partial charge < -0.3 is 9.64 Å². The topological polar surface area (TPSA) is 12.5 Å². The minimum absolute atomic E-state index is 0.0413. The normalized spacial score (nSPS) is 28.0. The molecule has 3 atom stereocenters. The van der Waals surface area contributed by atoms with Crippen molar-refractivity contribution in [3.63, 3.8) is 0 Å². The maximum Gasteiger partial charge on any atom is 0.108 e. The fourth-order valence-corrected chi connectivity index (χ4v) is 4.38. The van der Waals surface area contributed by atoms with Gasteiger partial charge >= 0.3 is 0 Å². The van der Waals surface area contributed by atoms with Crippen LogP contribution in [0.4, 0.5) is 0 Å². The molecule has 4 rings (SSSR count). The van der Waals surface area contributed by atoms with E-state index in [9.17, 15) is 0 Å². The number of benzene rings is 2. The molecule has 0 saturated carbocycles. The number of ether oxygens (including phenoxy) is 1. The molecule has 2 aliphatic heterocycles. The maximum absolute atomic E-state index is 6.71. The third-order valence-electron chi connectivity index (χ3n) is 5.87. The third-order valence-corrected chi connectivity index (χ3v) is 5.87. The Kier molecular flexibility index (Phi) is 4.43. The van der Waals surface area contributed by atoms with Crippen LogP contribution in [0, 0.1) is 6.92 Å². The summed E-state index contributed by atoms with van der Waals surface area (Å²) in [7, 11) is 2.28. The quantitative estimate of drug-likeness (QED) is 0.807. The fraction of sp³-hybridized carbons (Fsp3) is 0.455. The molecule has 2 saturated heterocycles. The largest absolute Gasteiger partial charge is 0.365 e. The van der Waals surface area contributed by atoms with E-state index in [1.54, 1.807) is 0 Å². The van der Waals surface area contributed by atoms with E-state index in [0.717, 1.165) is 0 Å². The first-order chi connectivity index (χ1) is 11.7. The monoisotopic (exact) mass is 321 g/mol. The molecule has 0 aromatic heterocycles. The predicted octanol–water partition coefficient (Wildman–Crippen LogP) is 4.73. The Morgan fingerprint density at radius 2 is 1.46 bits per heavy atom. The van der Waals surface area contributed by atoms with Crippen molar-refractivity contribution >= 4 is 0 Å². The van der Waals surface area contributed by atoms with Crippen molar-refractivity contribution in [2.24, 2.45) is 0 Å². The second-order valence-corrected chi connectivity index (χ2v) is 7.48. The van der Waals surface area contributed by atoms with Gasteiger partial charge in [0.15, 0.2) is 0 Å². The number of nitrogens with zero attached hydrogens (tertiary/aromatic N) is 1. The van der Waals surface area contributed by atoms with Crippen LogP contribution in [0.25, 0.3) is 0 Å². The van der Waals surface area contributed by atoms with Crippen LogP contribution >= 0.6 is 0 Å². The second-order valence-electron chi connectivity index (χ2n) is 7.48. The zero-order chi connectivity index (χ0) is 16.5. The second kappa shape index (κ2) is 6.70. The van der Waals surface area contributed by atoms with Gasteiger partial charge in [0.1, 0.15) is 6.10 Å². The lowest BCUT2D eigenvalue weighted by Gasteiger charge is -2.38. The highest BCUT2D eigenvalue weighted by Crippen LogP contribution is 2.38. The first-order valence-electron chi connectivity index (χ1n) is 9.19. The number of aryl methyl sites for hydroxylation is 1. The fourth-order valence-electron chi connectivity index (χ4n) is 4.38. The van der Waals surface area contributed by atoms with Crippen LogP contribution in [0.2, 0.25) is 0 Å². The number of hydrogen-bond donors (Lipinski definition) is 0. The summed E-state index contributed by atoms with van der Waals surface area (Å²) in [6.07, 6.45) is 5.41. The van der Waals surface area contributed by atoms with Gasteiger partial charge in [-0.25, -0.2) is 0 Å². The highest BCUT2D eigenvalue weighted by atomic mass is 16.5. The molecular formula is C22H27NO. The molecule has 2 fully saturated rings. The van der Waals surface area contributed by atoms with Crippen LogP contribution in [0.1, 0.15) is 48.5 Å². The lowest BCUT2D eigenvalue weighted by Crippen LogP contribution is -2.43. The molecule has 126 valence electrons. The van der Waals surface area contributed by atoms with E-state index in [0.29, 0.717) is 18.2 Å². The van der Waals surface area contributed by atoms with Gasteiger partial charge in [0.25, 0.3) is 0 Å². The summed E-state index contributed by atoms with van der Waals surface area (Å²) < 4.78 is 6.71. The SMILES string of the molecule is Cc1ccc([C@@H](OC2C[C@@H]3CC[C@@H](C2)N3C)c2ccccc2)cc1. The molecule has 2 aromatic rings. The van der Waals surface area contributed by atoms with Crippen LogP contribution in [-0.4, -0.2) is 30.1 Å². The number of fused-ring (bicyclic) bond motifs is 2. The van der Waals surface area contributed by atoms with Gasteiger partial charge in [-0.3, -0.25) is 0 Å². The minimum Gasteiger partial charge on any atom is -0.365 e. The molecular weight excluding hydrogens is 294 g/mol. The van der Waals surface area contributed by atoms with Crippen LogP contribution < -0.4 is 0 Å². The Bertz CT molecular complexity index is 652. The van der Waals surface area contributed by atoms with E-state index in [-0.39, 0.29) is 6.10 Å². The van der Waals surface area contributed by atoms with Crippen molar-refractivity contribution < 1.29 is 4.74 Å². The van der Waals surface area contributed by atoms with Crippen LogP contribution in [-0.2, 0) is 4.74 Å². The molecule has 2 nitrogen and oxygen atoms in total. The summed E-state index contributed by atoms with van der Waals surface area (Å²) in [4.78, 5) is 2.57. The highest BCUT2D eigenvalue weighted by Gasteiger charge is 2.39. The number of piperidine rings is 1. The Morgan fingerprint density at radius 3 is 2.08 bits per heavy atom. The van der Waals surface area contributed by atoms with Crippen LogP contribution in [0.15, 0.2) is 54.6 Å². The Hall–Kier alpha value is -1.64. The molecule has 0 spiro atoms. The van der Waals surface area contributed by atoms with Gasteiger partial charge in [0.05, 0.1) is 6.10 Å². The van der Waals surface area contributed by atoms with E-state index in [2.05, 4.69) is 73.5 Å². The average Bonchev–Trinajstić information content (AvgIpc) is 2.83. The number of rotatable bonds is 4. The average molecular weight is 321 g/mol. The summed E-state index contributed by atoms with van der Waals surface area (Å²) >= 11 is 0. The lowest BCUT2D eigenvalue weighted by atomic mass is 9.97. The first-order valence-corrected chi connectivity index (χ1v) is 9.19. The standard InChI is InChI=1S/C22H27NO/c1-16-8-10-18(11-9-16)22(17-6-4-3-5-7-17)24-21-14-19-12-13-20(15-21)23(19)2/h3-11,19-22H,12-15H2,1-2H3/t19-,20-,22-/m0/s1. The molecule has 2 aliphatic rings. The maximum atomic E-state index is 6.71. The van der Waals surface area contributed by atoms with Gasteiger partial charge in [-0.15, -0.1) is 0 Å². The highest BCUT2D eigenvalue weighted by molar-refractivity contribution is 5.32. The van der Waals surface area contributed by atoms with E-state index in [4.69, 9.17) is 4.74 Å². The summed E-state index contributed by atoms with van der Waals surface area (Å²) in [5, 5.41) is 0. The predicted molar refractivity (Wildman–Crippen MR) is 98.1 cm³/mol. The Balaban J connectivity index is 1.58. The zero-order valence-electron chi connectivity index (χ0n) is 14.7. The summed E-state index contributed by atoms with van der Waals surface area (Å²) in [6.45, 7) is 2.14. The molecule has 24 heavy (non-hydrogen) atoms. The van der Waals surface area contributed by atoms with Crippen molar-refractivity contribution in [3.05, 3.63) is 71.3 Å². The van der Waals surface area contributed by atoms with Crippen molar-refractivity contribution in [2.45, 2.75) is 56.9 Å².